The fraction of sp³-hybridized carbons (Fsp3) is 0.273. The van der Waals surface area contributed by atoms with Gasteiger partial charge in [0.25, 0.3) is 5.91 Å². The maximum atomic E-state index is 12.1. The quantitative estimate of drug-likeness (QED) is 0.633. The number of carbonyl (C=O) groups is 1. The molecule has 0 saturated heterocycles. The van der Waals surface area contributed by atoms with Crippen molar-refractivity contribution >= 4 is 22.4 Å². The summed E-state index contributed by atoms with van der Waals surface area (Å²) in [5, 5.41) is 6.51. The van der Waals surface area contributed by atoms with Crippen LogP contribution in [0.5, 0.6) is 5.75 Å². The van der Waals surface area contributed by atoms with E-state index < -0.39 is 0 Å². The predicted molar refractivity (Wildman–Crippen MR) is 106 cm³/mol. The number of hydrazone groups is 1. The number of hydrogen-bond donors (Lipinski definition) is 1. The minimum absolute atomic E-state index is 0.0677. The van der Waals surface area contributed by atoms with Crippen molar-refractivity contribution in [1.82, 2.24) is 5.43 Å². The molecular formula is C22H24N2O2. The molecule has 3 rings (SSSR count). The molecule has 1 atom stereocenters. The molecule has 26 heavy (non-hydrogen) atoms. The number of fused-ring (bicyclic) bond motifs is 1. The van der Waals surface area contributed by atoms with E-state index >= 15 is 0 Å². The van der Waals surface area contributed by atoms with Crippen LogP contribution in [0.1, 0.15) is 26.7 Å². The fourth-order valence-electron chi connectivity index (χ4n) is 2.99. The van der Waals surface area contributed by atoms with Gasteiger partial charge in [-0.05, 0) is 61.1 Å². The molecule has 134 valence electrons. The van der Waals surface area contributed by atoms with Gasteiger partial charge in [-0.3, -0.25) is 4.79 Å². The number of ether oxygens (including phenoxy) is 1. The Bertz CT molecular complexity index is 896. The van der Waals surface area contributed by atoms with Gasteiger partial charge in [-0.1, -0.05) is 48.6 Å². The van der Waals surface area contributed by atoms with Gasteiger partial charge >= 0.3 is 0 Å². The van der Waals surface area contributed by atoms with Crippen LogP contribution < -0.4 is 10.2 Å². The van der Waals surface area contributed by atoms with Gasteiger partial charge in [0, 0.05) is 0 Å². The number of nitrogens with zero attached hydrogens (tertiary/aromatic N) is 1. The highest BCUT2D eigenvalue weighted by Gasteiger charge is 2.18. The van der Waals surface area contributed by atoms with Crippen LogP contribution in [0.4, 0.5) is 0 Å². The third-order valence-corrected chi connectivity index (χ3v) is 4.71. The van der Waals surface area contributed by atoms with Crippen LogP contribution in [0, 0.1) is 5.92 Å². The summed E-state index contributed by atoms with van der Waals surface area (Å²) in [6, 6.07) is 13.8. The molecule has 0 unspecified atom stereocenters. The predicted octanol–water partition coefficient (Wildman–Crippen LogP) is 4.62. The number of hydrogen-bond acceptors (Lipinski definition) is 3. The fourth-order valence-corrected chi connectivity index (χ4v) is 2.99. The second-order valence-electron chi connectivity index (χ2n) is 6.76. The molecule has 0 radical (unpaired) electrons. The van der Waals surface area contributed by atoms with Crippen molar-refractivity contribution in [3.05, 3.63) is 66.3 Å². The van der Waals surface area contributed by atoms with E-state index in [1.54, 1.807) is 0 Å². The Labute approximate surface area is 154 Å². The lowest BCUT2D eigenvalue weighted by atomic mass is 9.85. The van der Waals surface area contributed by atoms with Gasteiger partial charge < -0.3 is 4.74 Å². The molecule has 0 heterocycles. The normalized spacial score (nSPS) is 18.5. The highest BCUT2D eigenvalue weighted by atomic mass is 16.5. The van der Waals surface area contributed by atoms with Crippen molar-refractivity contribution in [1.29, 1.82) is 0 Å². The topological polar surface area (TPSA) is 50.7 Å². The molecule has 0 spiro atoms. The monoisotopic (exact) mass is 348 g/mol. The Kier molecular flexibility index (Phi) is 5.52. The highest BCUT2D eigenvalue weighted by molar-refractivity contribution is 6.01. The molecule has 4 nitrogen and oxygen atoms in total. The third kappa shape index (κ3) is 4.39. The maximum Gasteiger partial charge on any atom is 0.277 e. The zero-order valence-corrected chi connectivity index (χ0v) is 15.3. The number of carbonyl (C=O) groups excluding carboxylic acids is 1. The van der Waals surface area contributed by atoms with Crippen LogP contribution in [0.3, 0.4) is 0 Å². The molecule has 2 aromatic rings. The van der Waals surface area contributed by atoms with Gasteiger partial charge in [-0.2, -0.15) is 5.10 Å². The molecule has 0 bridgehead atoms. The Morgan fingerprint density at radius 3 is 2.81 bits per heavy atom. The molecular weight excluding hydrogens is 324 g/mol. The lowest BCUT2D eigenvalue weighted by Gasteiger charge is -2.22. The Hall–Kier alpha value is -2.88. The van der Waals surface area contributed by atoms with E-state index in [1.807, 2.05) is 56.3 Å². The van der Waals surface area contributed by atoms with Crippen molar-refractivity contribution < 1.29 is 9.53 Å². The zero-order chi connectivity index (χ0) is 18.5. The average molecular weight is 348 g/mol. The van der Waals surface area contributed by atoms with Crippen molar-refractivity contribution in [3.8, 4) is 5.75 Å². The average Bonchev–Trinajstić information content (AvgIpc) is 2.65. The first kappa shape index (κ1) is 17.9. The van der Waals surface area contributed by atoms with Crippen LogP contribution >= 0.6 is 0 Å². The molecule has 2 aromatic carbocycles. The second kappa shape index (κ2) is 8.00. The van der Waals surface area contributed by atoms with Gasteiger partial charge in [0.05, 0.1) is 5.71 Å². The van der Waals surface area contributed by atoms with E-state index in [2.05, 4.69) is 23.2 Å². The SMILES string of the molecule is C=C(C)[C@@H]1CC=C(C)C(=NNC(=O)COc2ccc3ccccc3c2)C1. The number of rotatable bonds is 5. The van der Waals surface area contributed by atoms with Gasteiger partial charge in [0.1, 0.15) is 5.75 Å². The Morgan fingerprint density at radius 1 is 1.27 bits per heavy atom. The first-order chi connectivity index (χ1) is 12.5. The highest BCUT2D eigenvalue weighted by Crippen LogP contribution is 2.26. The van der Waals surface area contributed by atoms with Gasteiger partial charge in [-0.15, -0.1) is 0 Å². The van der Waals surface area contributed by atoms with Crippen molar-refractivity contribution in [2.24, 2.45) is 11.0 Å². The Balaban J connectivity index is 1.57. The maximum absolute atomic E-state index is 12.1. The summed E-state index contributed by atoms with van der Waals surface area (Å²) in [5.41, 5.74) is 5.76. The number of nitrogens with one attached hydrogen (secondary N) is 1. The van der Waals surface area contributed by atoms with E-state index in [9.17, 15) is 4.79 Å². The number of benzene rings is 2. The zero-order valence-electron chi connectivity index (χ0n) is 15.3. The summed E-state index contributed by atoms with van der Waals surface area (Å²) in [6.45, 7) is 8.01. The minimum atomic E-state index is -0.268. The van der Waals surface area contributed by atoms with Gasteiger partial charge in [0.2, 0.25) is 0 Å². The van der Waals surface area contributed by atoms with Gasteiger partial charge in [-0.25, -0.2) is 5.43 Å². The summed E-state index contributed by atoms with van der Waals surface area (Å²) in [7, 11) is 0. The molecule has 0 aromatic heterocycles. The molecule has 1 aliphatic carbocycles. The van der Waals surface area contributed by atoms with E-state index in [4.69, 9.17) is 4.74 Å². The van der Waals surface area contributed by atoms with Crippen molar-refractivity contribution in [3.63, 3.8) is 0 Å². The van der Waals surface area contributed by atoms with E-state index in [-0.39, 0.29) is 12.5 Å². The smallest absolute Gasteiger partial charge is 0.277 e. The molecule has 0 fully saturated rings. The lowest BCUT2D eigenvalue weighted by molar-refractivity contribution is -0.123. The number of amides is 1. The molecule has 4 heteroatoms. The van der Waals surface area contributed by atoms with Crippen LogP contribution in [0.15, 0.2) is 71.4 Å². The standard InChI is InChI=1S/C22H24N2O2/c1-15(2)18-9-8-16(3)21(13-18)23-24-22(25)14-26-20-11-10-17-6-4-5-7-19(17)12-20/h4-8,10-12,18H,1,9,13-14H2,2-3H3,(H,24,25)/t18-/m1/s1. The first-order valence-corrected chi connectivity index (χ1v) is 8.82. The summed E-state index contributed by atoms with van der Waals surface area (Å²) >= 11 is 0. The molecule has 0 saturated carbocycles. The van der Waals surface area contributed by atoms with Crippen LogP contribution in [-0.4, -0.2) is 18.2 Å². The minimum Gasteiger partial charge on any atom is -0.484 e. The van der Waals surface area contributed by atoms with Gasteiger partial charge in [0.15, 0.2) is 6.61 Å². The Morgan fingerprint density at radius 2 is 2.04 bits per heavy atom. The van der Waals surface area contributed by atoms with Crippen molar-refractivity contribution in [2.75, 3.05) is 6.61 Å². The molecule has 1 amide bonds. The second-order valence-corrected chi connectivity index (χ2v) is 6.76. The molecule has 1 aliphatic rings. The molecule has 0 aliphatic heterocycles. The third-order valence-electron chi connectivity index (χ3n) is 4.71. The number of allylic oxidation sites excluding steroid dienone is 3. The lowest BCUT2D eigenvalue weighted by Crippen LogP contribution is -2.27. The van der Waals surface area contributed by atoms with Crippen LogP contribution in [0.2, 0.25) is 0 Å². The first-order valence-electron chi connectivity index (χ1n) is 8.82. The summed E-state index contributed by atoms with van der Waals surface area (Å²) in [4.78, 5) is 12.1. The van der Waals surface area contributed by atoms with Crippen LogP contribution in [-0.2, 0) is 4.79 Å². The van der Waals surface area contributed by atoms with E-state index in [0.29, 0.717) is 11.7 Å². The van der Waals surface area contributed by atoms with Crippen LogP contribution in [0.25, 0.3) is 10.8 Å². The molecule has 1 N–H and O–H groups in total. The summed E-state index contributed by atoms with van der Waals surface area (Å²) in [6.07, 6.45) is 3.95. The summed E-state index contributed by atoms with van der Waals surface area (Å²) in [5.74, 6) is 0.793. The summed E-state index contributed by atoms with van der Waals surface area (Å²) < 4.78 is 5.59. The largest absolute Gasteiger partial charge is 0.484 e. The van der Waals surface area contributed by atoms with E-state index in [0.717, 1.165) is 40.5 Å². The van der Waals surface area contributed by atoms with Crippen molar-refractivity contribution in [2.45, 2.75) is 26.7 Å². The van der Waals surface area contributed by atoms with E-state index in [1.165, 1.54) is 0 Å².